The molecule has 1 saturated carbocycles. The number of amides is 1. The Hall–Kier alpha value is -0.570. The van der Waals surface area contributed by atoms with Crippen molar-refractivity contribution in [2.24, 2.45) is 11.3 Å². The third-order valence-corrected chi connectivity index (χ3v) is 3.14. The lowest BCUT2D eigenvalue weighted by molar-refractivity contribution is -0.139. The zero-order chi connectivity index (χ0) is 13.2. The van der Waals surface area contributed by atoms with E-state index >= 15 is 0 Å². The van der Waals surface area contributed by atoms with Crippen molar-refractivity contribution in [3.05, 3.63) is 0 Å². The van der Waals surface area contributed by atoms with Crippen LogP contribution >= 0.6 is 0 Å². The van der Waals surface area contributed by atoms with Gasteiger partial charge in [-0.25, -0.2) is 0 Å². The lowest BCUT2D eigenvalue weighted by atomic mass is 9.87. The number of aliphatic hydroxyl groups excluding tert-OH is 1. The third-order valence-electron chi connectivity index (χ3n) is 3.14. The largest absolute Gasteiger partial charge is 0.394 e. The molecule has 0 unspecified atom stereocenters. The summed E-state index contributed by atoms with van der Waals surface area (Å²) >= 11 is 0. The standard InChI is InChI=1S/C14H27NO2/c1-10(2)13(17)15(11-6-7-11)12(9-16)8-14(3,4)5/h10-12,16H,6-9H2,1-5H3/t12-/m1/s1. The molecule has 100 valence electrons. The molecule has 0 heterocycles. The number of hydrogen-bond acceptors (Lipinski definition) is 2. The molecule has 0 spiro atoms. The second kappa shape index (κ2) is 5.38. The molecule has 3 nitrogen and oxygen atoms in total. The summed E-state index contributed by atoms with van der Waals surface area (Å²) in [5.74, 6) is 0.209. The molecule has 1 N–H and O–H groups in total. The van der Waals surface area contributed by atoms with Crippen LogP contribution in [0.5, 0.6) is 0 Å². The Labute approximate surface area is 105 Å². The molecule has 0 aliphatic heterocycles. The predicted octanol–water partition coefficient (Wildman–Crippen LogP) is 2.43. The van der Waals surface area contributed by atoms with Crippen molar-refractivity contribution in [2.75, 3.05) is 6.61 Å². The lowest BCUT2D eigenvalue weighted by Gasteiger charge is -2.36. The Morgan fingerprint density at radius 2 is 1.88 bits per heavy atom. The van der Waals surface area contributed by atoms with Gasteiger partial charge >= 0.3 is 0 Å². The van der Waals surface area contributed by atoms with Gasteiger partial charge in [0.05, 0.1) is 12.6 Å². The van der Waals surface area contributed by atoms with E-state index in [1.54, 1.807) is 0 Å². The van der Waals surface area contributed by atoms with E-state index in [0.29, 0.717) is 6.04 Å². The van der Waals surface area contributed by atoms with Gasteiger partial charge in [0.25, 0.3) is 0 Å². The summed E-state index contributed by atoms with van der Waals surface area (Å²) in [5.41, 5.74) is 0.137. The van der Waals surface area contributed by atoms with E-state index < -0.39 is 0 Å². The molecule has 0 aromatic carbocycles. The second-order valence-corrected chi connectivity index (χ2v) is 6.73. The summed E-state index contributed by atoms with van der Waals surface area (Å²) in [6.07, 6.45) is 3.05. The lowest BCUT2D eigenvalue weighted by Crippen LogP contribution is -2.47. The third kappa shape index (κ3) is 4.30. The van der Waals surface area contributed by atoms with Gasteiger partial charge in [-0.1, -0.05) is 34.6 Å². The van der Waals surface area contributed by atoms with Gasteiger partial charge in [0.15, 0.2) is 0 Å². The molecule has 0 radical (unpaired) electrons. The van der Waals surface area contributed by atoms with Crippen LogP contribution in [-0.4, -0.2) is 34.6 Å². The van der Waals surface area contributed by atoms with E-state index in [1.807, 2.05) is 18.7 Å². The highest BCUT2D eigenvalue weighted by atomic mass is 16.3. The number of aliphatic hydroxyl groups is 1. The maximum absolute atomic E-state index is 12.2. The van der Waals surface area contributed by atoms with Crippen molar-refractivity contribution in [1.82, 2.24) is 4.90 Å². The van der Waals surface area contributed by atoms with Crippen molar-refractivity contribution in [2.45, 2.75) is 66.0 Å². The van der Waals surface area contributed by atoms with E-state index in [1.165, 1.54) is 0 Å². The van der Waals surface area contributed by atoms with E-state index in [0.717, 1.165) is 19.3 Å². The van der Waals surface area contributed by atoms with Gasteiger partial charge in [-0.3, -0.25) is 4.79 Å². The maximum atomic E-state index is 12.2. The first-order valence-electron chi connectivity index (χ1n) is 6.69. The van der Waals surface area contributed by atoms with E-state index in [-0.39, 0.29) is 29.9 Å². The monoisotopic (exact) mass is 241 g/mol. The first-order valence-corrected chi connectivity index (χ1v) is 6.69. The Bertz CT molecular complexity index is 264. The summed E-state index contributed by atoms with van der Waals surface area (Å²) in [5, 5.41) is 9.57. The molecule has 3 heteroatoms. The zero-order valence-corrected chi connectivity index (χ0v) is 11.9. The molecule has 1 amide bonds. The van der Waals surface area contributed by atoms with E-state index in [4.69, 9.17) is 0 Å². The molecular formula is C14H27NO2. The number of rotatable bonds is 5. The van der Waals surface area contributed by atoms with Crippen LogP contribution in [-0.2, 0) is 4.79 Å². The van der Waals surface area contributed by atoms with Crippen molar-refractivity contribution < 1.29 is 9.90 Å². The average molecular weight is 241 g/mol. The van der Waals surface area contributed by atoms with Crippen LogP contribution in [0.2, 0.25) is 0 Å². The van der Waals surface area contributed by atoms with Gasteiger partial charge in [0.1, 0.15) is 0 Å². The minimum absolute atomic E-state index is 0.0163. The van der Waals surface area contributed by atoms with Gasteiger partial charge in [0.2, 0.25) is 5.91 Å². The minimum atomic E-state index is -0.0163. The van der Waals surface area contributed by atoms with Crippen molar-refractivity contribution in [3.8, 4) is 0 Å². The SMILES string of the molecule is CC(C)C(=O)N(C1CC1)[C@@H](CO)CC(C)(C)C. The van der Waals surface area contributed by atoms with Crippen LogP contribution < -0.4 is 0 Å². The van der Waals surface area contributed by atoms with Gasteiger partial charge in [-0.2, -0.15) is 0 Å². The first-order chi connectivity index (χ1) is 7.76. The molecule has 1 rings (SSSR count). The fraction of sp³-hybridized carbons (Fsp3) is 0.929. The molecule has 0 saturated heterocycles. The first kappa shape index (κ1) is 14.5. The van der Waals surface area contributed by atoms with Crippen LogP contribution in [0.25, 0.3) is 0 Å². The van der Waals surface area contributed by atoms with E-state index in [9.17, 15) is 9.90 Å². The molecular weight excluding hydrogens is 214 g/mol. The van der Waals surface area contributed by atoms with Crippen LogP contribution in [0.1, 0.15) is 53.9 Å². The minimum Gasteiger partial charge on any atom is -0.394 e. The number of hydrogen-bond donors (Lipinski definition) is 1. The predicted molar refractivity (Wildman–Crippen MR) is 69.7 cm³/mol. The van der Waals surface area contributed by atoms with Crippen LogP contribution in [0.15, 0.2) is 0 Å². The fourth-order valence-corrected chi connectivity index (χ4v) is 2.27. The summed E-state index contributed by atoms with van der Waals surface area (Å²) < 4.78 is 0. The van der Waals surface area contributed by atoms with E-state index in [2.05, 4.69) is 20.8 Å². The van der Waals surface area contributed by atoms with Crippen LogP contribution in [0.4, 0.5) is 0 Å². The van der Waals surface area contributed by atoms with Gasteiger partial charge in [0, 0.05) is 12.0 Å². The molecule has 1 aliphatic rings. The molecule has 0 aromatic rings. The van der Waals surface area contributed by atoms with Crippen molar-refractivity contribution >= 4 is 5.91 Å². The Morgan fingerprint density at radius 1 is 1.35 bits per heavy atom. The maximum Gasteiger partial charge on any atom is 0.225 e. The van der Waals surface area contributed by atoms with Crippen molar-refractivity contribution in [1.29, 1.82) is 0 Å². The highest BCUT2D eigenvalue weighted by molar-refractivity contribution is 5.79. The highest BCUT2D eigenvalue weighted by Crippen LogP contribution is 2.33. The number of carbonyl (C=O) groups excluding carboxylic acids is 1. The van der Waals surface area contributed by atoms with Crippen LogP contribution in [0.3, 0.4) is 0 Å². The normalized spacial score (nSPS) is 18.3. The summed E-state index contributed by atoms with van der Waals surface area (Å²) in [4.78, 5) is 14.2. The van der Waals surface area contributed by atoms with Crippen LogP contribution in [0, 0.1) is 11.3 Å². The Balaban J connectivity index is 2.76. The number of carbonyl (C=O) groups is 1. The van der Waals surface area contributed by atoms with Gasteiger partial charge < -0.3 is 10.0 Å². The Morgan fingerprint density at radius 3 is 2.18 bits per heavy atom. The summed E-state index contributed by atoms with van der Waals surface area (Å²) in [7, 11) is 0. The topological polar surface area (TPSA) is 40.5 Å². The summed E-state index contributed by atoms with van der Waals surface area (Å²) in [6, 6.07) is 0.363. The molecule has 1 aliphatic carbocycles. The molecule has 17 heavy (non-hydrogen) atoms. The smallest absolute Gasteiger partial charge is 0.225 e. The molecule has 0 aromatic heterocycles. The summed E-state index contributed by atoms with van der Waals surface area (Å²) in [6.45, 7) is 10.4. The van der Waals surface area contributed by atoms with Gasteiger partial charge in [-0.15, -0.1) is 0 Å². The molecule has 1 atom stereocenters. The number of nitrogens with zero attached hydrogens (tertiary/aromatic N) is 1. The molecule has 1 fully saturated rings. The fourth-order valence-electron chi connectivity index (χ4n) is 2.27. The Kier molecular flexibility index (Phi) is 4.59. The highest BCUT2D eigenvalue weighted by Gasteiger charge is 2.38. The quantitative estimate of drug-likeness (QED) is 0.803. The second-order valence-electron chi connectivity index (χ2n) is 6.73. The molecule has 0 bridgehead atoms. The van der Waals surface area contributed by atoms with Crippen molar-refractivity contribution in [3.63, 3.8) is 0 Å². The van der Waals surface area contributed by atoms with Gasteiger partial charge in [-0.05, 0) is 24.7 Å². The zero-order valence-electron chi connectivity index (χ0n) is 11.9. The average Bonchev–Trinajstić information content (AvgIpc) is 2.98.